The van der Waals surface area contributed by atoms with Crippen LogP contribution in [0.4, 0.5) is 5.13 Å². The number of hydrogen-bond donors (Lipinski definition) is 0. The Kier molecular flexibility index (Phi) is 9.07. The first kappa shape index (κ1) is 28.5. The van der Waals surface area contributed by atoms with E-state index in [1.807, 2.05) is 18.2 Å². The molecule has 1 aliphatic heterocycles. The van der Waals surface area contributed by atoms with Crippen LogP contribution in [0.3, 0.4) is 0 Å². The molecule has 0 spiro atoms. The van der Waals surface area contributed by atoms with Gasteiger partial charge in [-0.1, -0.05) is 39.0 Å². The minimum absolute atomic E-state index is 0.202. The Hall–Kier alpha value is -2.53. The summed E-state index contributed by atoms with van der Waals surface area (Å²) in [6, 6.07) is 12.0. The number of piperidine rings is 1. The Morgan fingerprint density at radius 2 is 1.71 bits per heavy atom. The van der Waals surface area contributed by atoms with Gasteiger partial charge < -0.3 is 9.64 Å². The summed E-state index contributed by atoms with van der Waals surface area (Å²) in [5, 5.41) is 0.610. The number of thiazole rings is 1. The van der Waals surface area contributed by atoms with Gasteiger partial charge in [-0.15, -0.1) is 0 Å². The molecule has 3 aromatic rings. The average molecular weight is 559 g/mol. The number of aromatic nitrogens is 1. The number of carbonyl (C=O) groups is 1. The Labute approximate surface area is 230 Å². The van der Waals surface area contributed by atoms with Crippen LogP contribution in [-0.2, 0) is 10.0 Å². The molecule has 10 heteroatoms. The van der Waals surface area contributed by atoms with Gasteiger partial charge in [0, 0.05) is 31.7 Å². The topological polar surface area (TPSA) is 83.1 Å². The van der Waals surface area contributed by atoms with Gasteiger partial charge in [-0.3, -0.25) is 9.69 Å². The lowest BCUT2D eigenvalue weighted by Crippen LogP contribution is -2.42. The molecule has 0 bridgehead atoms. The highest BCUT2D eigenvalue weighted by Crippen LogP contribution is 2.32. The number of methoxy groups -OCH3 is 1. The van der Waals surface area contributed by atoms with Gasteiger partial charge in [0.15, 0.2) is 5.13 Å². The third kappa shape index (κ3) is 6.20. The lowest BCUT2D eigenvalue weighted by molar-refractivity contribution is 0.0983. The van der Waals surface area contributed by atoms with Gasteiger partial charge in [-0.05, 0) is 73.8 Å². The number of amides is 1. The third-order valence-electron chi connectivity index (χ3n) is 7.17. The summed E-state index contributed by atoms with van der Waals surface area (Å²) in [5.74, 6) is 1.18. The molecule has 2 aromatic carbocycles. The minimum atomic E-state index is -3.62. The van der Waals surface area contributed by atoms with Gasteiger partial charge >= 0.3 is 0 Å². The molecule has 0 unspecified atom stereocenters. The van der Waals surface area contributed by atoms with Crippen molar-refractivity contribution in [2.45, 2.75) is 39.0 Å². The molecule has 0 saturated carbocycles. The summed E-state index contributed by atoms with van der Waals surface area (Å²) < 4.78 is 34.5. The average Bonchev–Trinajstić information content (AvgIpc) is 3.33. The highest BCUT2D eigenvalue weighted by Gasteiger charge is 2.32. The van der Waals surface area contributed by atoms with Crippen LogP contribution in [0, 0.1) is 11.8 Å². The molecule has 0 aliphatic carbocycles. The van der Waals surface area contributed by atoms with Crippen molar-refractivity contribution in [2.24, 2.45) is 11.8 Å². The lowest BCUT2D eigenvalue weighted by Gasteiger charge is -2.34. The molecule has 0 N–H and O–H groups in total. The maximum Gasteiger partial charge on any atom is 0.260 e. The molecule has 1 saturated heterocycles. The predicted molar refractivity (Wildman–Crippen MR) is 154 cm³/mol. The quantitative estimate of drug-likeness (QED) is 0.350. The Morgan fingerprint density at radius 1 is 1.05 bits per heavy atom. The third-order valence-corrected chi connectivity index (χ3v) is 10.1. The van der Waals surface area contributed by atoms with Gasteiger partial charge in [-0.2, -0.15) is 4.31 Å². The zero-order valence-corrected chi connectivity index (χ0v) is 24.5. The van der Waals surface area contributed by atoms with Crippen LogP contribution in [-0.4, -0.2) is 74.9 Å². The maximum atomic E-state index is 13.8. The van der Waals surface area contributed by atoms with Gasteiger partial charge in [0.25, 0.3) is 5.91 Å². The molecule has 4 rings (SSSR count). The van der Waals surface area contributed by atoms with Gasteiger partial charge in [0.1, 0.15) is 5.75 Å². The number of rotatable bonds is 10. The van der Waals surface area contributed by atoms with E-state index >= 15 is 0 Å². The van der Waals surface area contributed by atoms with Gasteiger partial charge in [0.05, 0.1) is 22.2 Å². The summed E-state index contributed by atoms with van der Waals surface area (Å²) in [7, 11) is -1.99. The van der Waals surface area contributed by atoms with Crippen molar-refractivity contribution in [2.75, 3.05) is 51.3 Å². The summed E-state index contributed by atoms with van der Waals surface area (Å²) in [6.07, 6.45) is 1.03. The first-order chi connectivity index (χ1) is 18.2. The second-order valence-corrected chi connectivity index (χ2v) is 13.1. The Morgan fingerprint density at radius 3 is 2.32 bits per heavy atom. The number of hydrogen-bond acceptors (Lipinski definition) is 7. The van der Waals surface area contributed by atoms with E-state index < -0.39 is 10.0 Å². The highest BCUT2D eigenvalue weighted by atomic mass is 32.2. The summed E-state index contributed by atoms with van der Waals surface area (Å²) in [5.41, 5.74) is 1.23. The smallest absolute Gasteiger partial charge is 0.260 e. The van der Waals surface area contributed by atoms with Crippen LogP contribution in [0.5, 0.6) is 5.75 Å². The first-order valence-electron chi connectivity index (χ1n) is 13.2. The molecule has 8 nitrogen and oxygen atoms in total. The predicted octanol–water partition coefficient (Wildman–Crippen LogP) is 4.96. The van der Waals surface area contributed by atoms with Crippen LogP contribution in [0.2, 0.25) is 0 Å². The fourth-order valence-electron chi connectivity index (χ4n) is 5.08. The van der Waals surface area contributed by atoms with Crippen molar-refractivity contribution in [1.29, 1.82) is 0 Å². The van der Waals surface area contributed by atoms with Crippen molar-refractivity contribution in [3.8, 4) is 5.75 Å². The minimum Gasteiger partial charge on any atom is -0.497 e. The fraction of sp³-hybridized carbons (Fsp3) is 0.500. The molecule has 1 fully saturated rings. The van der Waals surface area contributed by atoms with E-state index in [1.165, 1.54) is 11.3 Å². The van der Waals surface area contributed by atoms with Crippen LogP contribution in [0.1, 0.15) is 44.5 Å². The molecule has 1 aliphatic rings. The monoisotopic (exact) mass is 558 g/mol. The summed E-state index contributed by atoms with van der Waals surface area (Å²) in [6.45, 7) is 12.4. The van der Waals surface area contributed by atoms with Gasteiger partial charge in [0.2, 0.25) is 10.0 Å². The second-order valence-electron chi connectivity index (χ2n) is 10.1. The van der Waals surface area contributed by atoms with Crippen molar-refractivity contribution in [3.63, 3.8) is 0 Å². The van der Waals surface area contributed by atoms with Crippen LogP contribution < -0.4 is 9.64 Å². The zero-order chi connectivity index (χ0) is 27.4. The van der Waals surface area contributed by atoms with Crippen molar-refractivity contribution < 1.29 is 17.9 Å². The molecule has 2 heterocycles. The molecule has 1 aromatic heterocycles. The van der Waals surface area contributed by atoms with E-state index in [0.29, 0.717) is 48.7 Å². The number of benzene rings is 2. The SMILES string of the molecule is CCN(CC)CCN(C(=O)c1ccc(S(=O)(=O)N2C[C@H](C)C[C@@H](C)C2)cc1)c1nc2ccc(OC)cc2s1. The number of sulfonamides is 1. The largest absolute Gasteiger partial charge is 0.497 e. The van der Waals surface area contributed by atoms with E-state index in [1.54, 1.807) is 40.6 Å². The van der Waals surface area contributed by atoms with E-state index in [0.717, 1.165) is 35.5 Å². The molecule has 206 valence electrons. The Bertz CT molecular complexity index is 1340. The molecule has 1 amide bonds. The molecule has 38 heavy (non-hydrogen) atoms. The number of nitrogens with zero attached hydrogens (tertiary/aromatic N) is 4. The van der Waals surface area contributed by atoms with Crippen LogP contribution in [0.15, 0.2) is 47.4 Å². The van der Waals surface area contributed by atoms with Crippen molar-refractivity contribution in [3.05, 3.63) is 48.0 Å². The zero-order valence-electron chi connectivity index (χ0n) is 22.9. The van der Waals surface area contributed by atoms with E-state index in [2.05, 4.69) is 32.6 Å². The standard InChI is InChI=1S/C28H38N4O4S2/c1-6-30(7-2)14-15-32(28-29-25-13-10-23(36-5)17-26(25)37-28)27(33)22-8-11-24(12-9-22)38(34,35)31-18-20(3)16-21(4)19-31/h8-13,17,20-21H,6-7,14-16,18-19H2,1-5H3/t20-,21-/m1/s1. The van der Waals surface area contributed by atoms with Gasteiger partial charge in [-0.25, -0.2) is 13.4 Å². The maximum absolute atomic E-state index is 13.8. The second kappa shape index (κ2) is 12.1. The number of carbonyl (C=O) groups excluding carboxylic acids is 1. The molecule has 2 atom stereocenters. The van der Waals surface area contributed by atoms with Crippen molar-refractivity contribution >= 4 is 42.6 Å². The van der Waals surface area contributed by atoms with Crippen LogP contribution >= 0.6 is 11.3 Å². The first-order valence-corrected chi connectivity index (χ1v) is 15.5. The van der Waals surface area contributed by atoms with E-state index in [-0.39, 0.29) is 10.8 Å². The number of ether oxygens (including phenoxy) is 1. The molecular formula is C28H38N4O4S2. The number of likely N-dealkylation sites (N-methyl/N-ethyl adjacent to an activating group) is 1. The number of fused-ring (bicyclic) bond motifs is 1. The molecule has 0 radical (unpaired) electrons. The Balaban J connectivity index is 1.61. The lowest BCUT2D eigenvalue weighted by atomic mass is 9.94. The summed E-state index contributed by atoms with van der Waals surface area (Å²) in [4.78, 5) is 22.7. The number of anilines is 1. The van der Waals surface area contributed by atoms with Crippen molar-refractivity contribution in [1.82, 2.24) is 14.2 Å². The summed E-state index contributed by atoms with van der Waals surface area (Å²) >= 11 is 1.44. The fourth-order valence-corrected chi connectivity index (χ4v) is 7.77. The molecular weight excluding hydrogens is 520 g/mol. The normalized spacial score (nSPS) is 18.7. The van der Waals surface area contributed by atoms with Crippen LogP contribution in [0.25, 0.3) is 10.2 Å². The van der Waals surface area contributed by atoms with E-state index in [9.17, 15) is 13.2 Å². The van der Waals surface area contributed by atoms with E-state index in [4.69, 9.17) is 9.72 Å². The highest BCUT2D eigenvalue weighted by molar-refractivity contribution is 7.89.